The molecule has 3 heteroatoms. The van der Waals surface area contributed by atoms with Crippen molar-refractivity contribution >= 4 is 9.84 Å². The molecule has 2 rings (SSSR count). The van der Waals surface area contributed by atoms with Crippen LogP contribution < -0.4 is 0 Å². The molecule has 1 aliphatic carbocycles. The van der Waals surface area contributed by atoms with Gasteiger partial charge in [-0.3, -0.25) is 0 Å². The Hall–Kier alpha value is -0.0500. The number of sulfone groups is 1. The zero-order valence-corrected chi connectivity index (χ0v) is 12.3. The molecule has 1 heterocycles. The Kier molecular flexibility index (Phi) is 3.35. The van der Waals surface area contributed by atoms with E-state index < -0.39 is 9.84 Å². The first-order valence-corrected chi connectivity index (χ1v) is 8.75. The van der Waals surface area contributed by atoms with Gasteiger partial charge in [0.15, 0.2) is 0 Å². The van der Waals surface area contributed by atoms with Crippen molar-refractivity contribution in [2.45, 2.75) is 59.3 Å². The van der Waals surface area contributed by atoms with Gasteiger partial charge in [-0.25, -0.2) is 8.42 Å². The van der Waals surface area contributed by atoms with Crippen LogP contribution in [-0.4, -0.2) is 19.9 Å². The second kappa shape index (κ2) is 4.25. The van der Waals surface area contributed by atoms with Crippen molar-refractivity contribution in [2.24, 2.45) is 16.7 Å². The van der Waals surface area contributed by atoms with Gasteiger partial charge in [0, 0.05) is 0 Å². The third-order valence-corrected chi connectivity index (χ3v) is 6.81. The molecule has 100 valence electrons. The topological polar surface area (TPSA) is 34.1 Å². The minimum atomic E-state index is -2.70. The Morgan fingerprint density at radius 2 is 1.41 bits per heavy atom. The molecule has 1 spiro atoms. The Morgan fingerprint density at radius 3 is 1.82 bits per heavy atom. The van der Waals surface area contributed by atoms with Crippen LogP contribution in [0.3, 0.4) is 0 Å². The van der Waals surface area contributed by atoms with Crippen LogP contribution in [0.5, 0.6) is 0 Å². The van der Waals surface area contributed by atoms with Crippen molar-refractivity contribution in [2.75, 3.05) is 11.5 Å². The van der Waals surface area contributed by atoms with Crippen LogP contribution in [0, 0.1) is 16.7 Å². The average Bonchev–Trinajstić information content (AvgIpc) is 2.23. The summed E-state index contributed by atoms with van der Waals surface area (Å²) in [6.45, 7) is 7.00. The predicted octanol–water partition coefficient (Wildman–Crippen LogP) is 3.42. The zero-order valence-electron chi connectivity index (χ0n) is 11.5. The van der Waals surface area contributed by atoms with E-state index >= 15 is 0 Å². The van der Waals surface area contributed by atoms with Gasteiger partial charge in [0.05, 0.1) is 11.5 Å². The second-order valence-electron chi connectivity index (χ2n) is 7.29. The van der Waals surface area contributed by atoms with Gasteiger partial charge >= 0.3 is 0 Å². The van der Waals surface area contributed by atoms with E-state index in [-0.39, 0.29) is 0 Å². The van der Waals surface area contributed by atoms with Crippen LogP contribution in [0.25, 0.3) is 0 Å². The second-order valence-corrected chi connectivity index (χ2v) is 9.60. The average molecular weight is 258 g/mol. The summed E-state index contributed by atoms with van der Waals surface area (Å²) in [5, 5.41) is 0. The van der Waals surface area contributed by atoms with Crippen LogP contribution >= 0.6 is 0 Å². The summed E-state index contributed by atoms with van der Waals surface area (Å²) in [7, 11) is -2.70. The number of hydrogen-bond donors (Lipinski definition) is 0. The Labute approximate surface area is 106 Å². The highest BCUT2D eigenvalue weighted by atomic mass is 32.2. The van der Waals surface area contributed by atoms with E-state index in [0.29, 0.717) is 22.3 Å². The fourth-order valence-electron chi connectivity index (χ4n) is 3.57. The van der Waals surface area contributed by atoms with E-state index in [1.807, 2.05) is 0 Å². The monoisotopic (exact) mass is 258 g/mol. The molecule has 1 saturated heterocycles. The largest absolute Gasteiger partial charge is 0.229 e. The molecule has 2 nitrogen and oxygen atoms in total. The standard InChI is InChI=1S/C14H26O2S/c1-13(2,3)12-4-6-14(7-5-12)8-10-17(15,16)11-9-14/h12H,4-11H2,1-3H3. The van der Waals surface area contributed by atoms with Gasteiger partial charge in [-0.05, 0) is 55.3 Å². The molecule has 1 aliphatic heterocycles. The molecule has 0 aromatic rings. The summed E-state index contributed by atoms with van der Waals surface area (Å²) < 4.78 is 23.0. The maximum atomic E-state index is 11.5. The smallest absolute Gasteiger partial charge is 0.150 e. The molecular formula is C14H26O2S. The highest BCUT2D eigenvalue weighted by Gasteiger charge is 2.41. The fourth-order valence-corrected chi connectivity index (χ4v) is 5.26. The third kappa shape index (κ3) is 3.04. The van der Waals surface area contributed by atoms with Crippen molar-refractivity contribution < 1.29 is 8.42 Å². The minimum Gasteiger partial charge on any atom is -0.229 e. The molecule has 0 radical (unpaired) electrons. The van der Waals surface area contributed by atoms with Crippen molar-refractivity contribution in [1.29, 1.82) is 0 Å². The Bertz CT molecular complexity index is 352. The summed E-state index contributed by atoms with van der Waals surface area (Å²) in [6.07, 6.45) is 6.94. The molecule has 0 amide bonds. The number of rotatable bonds is 0. The first-order valence-electron chi connectivity index (χ1n) is 6.93. The fraction of sp³-hybridized carbons (Fsp3) is 1.00. The van der Waals surface area contributed by atoms with E-state index in [2.05, 4.69) is 20.8 Å². The van der Waals surface area contributed by atoms with Gasteiger partial charge in [-0.1, -0.05) is 20.8 Å². The molecule has 0 aromatic carbocycles. The lowest BCUT2D eigenvalue weighted by atomic mass is 9.62. The van der Waals surface area contributed by atoms with Crippen LogP contribution in [-0.2, 0) is 9.84 Å². The Balaban J connectivity index is 1.95. The van der Waals surface area contributed by atoms with Gasteiger partial charge in [0.1, 0.15) is 9.84 Å². The van der Waals surface area contributed by atoms with Gasteiger partial charge in [-0.15, -0.1) is 0 Å². The summed E-state index contributed by atoms with van der Waals surface area (Å²) in [5.41, 5.74) is 0.801. The van der Waals surface area contributed by atoms with E-state index in [0.717, 1.165) is 18.8 Å². The summed E-state index contributed by atoms with van der Waals surface area (Å²) in [4.78, 5) is 0. The van der Waals surface area contributed by atoms with Crippen LogP contribution in [0.4, 0.5) is 0 Å². The summed E-state index contributed by atoms with van der Waals surface area (Å²) in [6, 6.07) is 0. The molecule has 0 aromatic heterocycles. The highest BCUT2D eigenvalue weighted by Crippen LogP contribution is 2.50. The third-order valence-electron chi connectivity index (χ3n) is 5.16. The normalized spacial score (nSPS) is 29.4. The van der Waals surface area contributed by atoms with Crippen LogP contribution in [0.1, 0.15) is 59.3 Å². The van der Waals surface area contributed by atoms with Crippen molar-refractivity contribution in [1.82, 2.24) is 0 Å². The van der Waals surface area contributed by atoms with E-state index in [1.54, 1.807) is 0 Å². The lowest BCUT2D eigenvalue weighted by Crippen LogP contribution is -2.38. The molecule has 0 unspecified atom stereocenters. The maximum absolute atomic E-state index is 11.5. The molecule has 2 aliphatic rings. The molecule has 17 heavy (non-hydrogen) atoms. The lowest BCUT2D eigenvalue weighted by molar-refractivity contribution is 0.0794. The quantitative estimate of drug-likeness (QED) is 0.667. The minimum absolute atomic E-state index is 0.382. The molecule has 0 N–H and O–H groups in total. The molecular weight excluding hydrogens is 232 g/mol. The maximum Gasteiger partial charge on any atom is 0.150 e. The van der Waals surface area contributed by atoms with Crippen LogP contribution in [0.2, 0.25) is 0 Å². The van der Waals surface area contributed by atoms with E-state index in [9.17, 15) is 8.42 Å². The van der Waals surface area contributed by atoms with E-state index in [1.165, 1.54) is 25.7 Å². The van der Waals surface area contributed by atoms with Crippen molar-refractivity contribution in [3.8, 4) is 0 Å². The molecule has 0 atom stereocenters. The molecule has 1 saturated carbocycles. The summed E-state index contributed by atoms with van der Waals surface area (Å²) in [5.74, 6) is 1.70. The van der Waals surface area contributed by atoms with Crippen LogP contribution in [0.15, 0.2) is 0 Å². The summed E-state index contributed by atoms with van der Waals surface area (Å²) >= 11 is 0. The predicted molar refractivity (Wildman–Crippen MR) is 71.7 cm³/mol. The highest BCUT2D eigenvalue weighted by molar-refractivity contribution is 7.91. The van der Waals surface area contributed by atoms with E-state index in [4.69, 9.17) is 0 Å². The molecule has 2 fully saturated rings. The first-order chi connectivity index (χ1) is 7.73. The zero-order chi connectivity index (χ0) is 12.7. The number of hydrogen-bond acceptors (Lipinski definition) is 2. The van der Waals surface area contributed by atoms with Gasteiger partial charge < -0.3 is 0 Å². The SMILES string of the molecule is CC(C)(C)C1CCC2(CC1)CCS(=O)(=O)CC2. The Morgan fingerprint density at radius 1 is 0.941 bits per heavy atom. The van der Waals surface area contributed by atoms with Crippen molar-refractivity contribution in [3.63, 3.8) is 0 Å². The van der Waals surface area contributed by atoms with Crippen molar-refractivity contribution in [3.05, 3.63) is 0 Å². The lowest BCUT2D eigenvalue weighted by Gasteiger charge is -2.46. The van der Waals surface area contributed by atoms with Gasteiger partial charge in [0.25, 0.3) is 0 Å². The van der Waals surface area contributed by atoms with Gasteiger partial charge in [-0.2, -0.15) is 0 Å². The first kappa shape index (κ1) is 13.4. The molecule has 0 bridgehead atoms. The van der Waals surface area contributed by atoms with Gasteiger partial charge in [0.2, 0.25) is 0 Å².